The van der Waals surface area contributed by atoms with Gasteiger partial charge in [0.05, 0.1) is 7.11 Å². The molecule has 0 saturated carbocycles. The fraction of sp³-hybridized carbons (Fsp3) is 0.500. The van der Waals surface area contributed by atoms with Crippen LogP contribution in [-0.2, 0) is 4.74 Å². The average molecular weight is 85.9 g/mol. The van der Waals surface area contributed by atoms with Gasteiger partial charge in [0, 0.05) is 0 Å². The lowest BCUT2D eigenvalue weighted by Crippen LogP contribution is -2.17. The van der Waals surface area contributed by atoms with Gasteiger partial charge in [0.1, 0.15) is 0 Å². The highest BCUT2D eigenvalue weighted by Crippen LogP contribution is 1.63. The van der Waals surface area contributed by atoms with Gasteiger partial charge in [0.25, 0.3) is 5.87 Å². The molecule has 0 bridgehead atoms. The first-order valence-corrected chi connectivity index (χ1v) is 1.44. The van der Waals surface area contributed by atoms with Gasteiger partial charge in [-0.25, -0.2) is 0 Å². The van der Waals surface area contributed by atoms with Crippen molar-refractivity contribution in [2.75, 3.05) is 7.11 Å². The molecule has 33 valence electrons. The van der Waals surface area contributed by atoms with Crippen molar-refractivity contribution in [2.45, 2.75) is 0 Å². The molecule has 0 aromatic rings. The van der Waals surface area contributed by atoms with Gasteiger partial charge in [-0.2, -0.15) is 0 Å². The lowest BCUT2D eigenvalue weighted by atomic mass is 9.99. The lowest BCUT2D eigenvalue weighted by molar-refractivity contribution is 0.197. The molecule has 0 atom stereocenters. The molecule has 0 rings (SSSR count). The lowest BCUT2D eigenvalue weighted by Gasteiger charge is -1.86. The highest BCUT2D eigenvalue weighted by Gasteiger charge is 1.92. The van der Waals surface area contributed by atoms with Crippen LogP contribution in [0.15, 0.2) is 0 Å². The molecule has 0 aliphatic rings. The molecule has 0 heterocycles. The number of hydrogen-bond donors (Lipinski definition) is 1. The molecule has 4 heteroatoms. The minimum absolute atomic E-state index is 0.505. The fourth-order valence-corrected chi connectivity index (χ4v) is 0.0680. The van der Waals surface area contributed by atoms with Crippen molar-refractivity contribution in [1.82, 2.24) is 0 Å². The summed E-state index contributed by atoms with van der Waals surface area (Å²) in [7, 11) is 2.13. The summed E-state index contributed by atoms with van der Waals surface area (Å²) in [5, 5.41) is 0. The van der Waals surface area contributed by atoms with E-state index in [2.05, 4.69) is 10.4 Å². The second kappa shape index (κ2) is 2.72. The average Bonchev–Trinajstić information content (AvgIpc) is 1.65. The maximum absolute atomic E-state index is 9.78. The van der Waals surface area contributed by atoms with Gasteiger partial charge in [-0.3, -0.25) is 4.79 Å². The Morgan fingerprint density at radius 1 is 2.00 bits per heavy atom. The molecule has 0 unspecified atom stereocenters. The Bertz CT molecular complexity index is 49.5. The molecule has 0 fully saturated rings. The van der Waals surface area contributed by atoms with Gasteiger partial charge in [-0.05, 0) is 0 Å². The first-order chi connectivity index (χ1) is 2.81. The van der Waals surface area contributed by atoms with E-state index in [1.165, 1.54) is 7.11 Å². The van der Waals surface area contributed by atoms with E-state index in [9.17, 15) is 4.79 Å². The number of rotatable bonds is 1. The zero-order valence-corrected chi connectivity index (χ0v) is 3.47. The minimum atomic E-state index is -0.505. The van der Waals surface area contributed by atoms with Crippen LogP contribution in [-0.4, -0.2) is 20.4 Å². The largest absolute Gasteiger partial charge is 0.476 e. The second-order valence-corrected chi connectivity index (χ2v) is 0.690. The number of hydrogen-bond acceptors (Lipinski definition) is 3. The van der Waals surface area contributed by atoms with E-state index in [1.807, 2.05) is 0 Å². The van der Waals surface area contributed by atoms with Crippen molar-refractivity contribution in [1.29, 1.82) is 0 Å². The Kier molecular flexibility index (Phi) is 2.49. The Labute approximate surface area is 36.7 Å². The quantitative estimate of drug-likeness (QED) is 0.430. The highest BCUT2D eigenvalue weighted by atomic mass is 16.5. The monoisotopic (exact) mass is 86.0 g/mol. The third-order valence-electron chi connectivity index (χ3n) is 0.337. The van der Waals surface area contributed by atoms with E-state index in [1.54, 1.807) is 0 Å². The third kappa shape index (κ3) is 1.78. The minimum Gasteiger partial charge on any atom is -0.476 e. The van der Waals surface area contributed by atoms with Crippen molar-refractivity contribution in [2.24, 2.45) is 5.64 Å². The Balaban J connectivity index is 2.99. The molecule has 6 heavy (non-hydrogen) atoms. The summed E-state index contributed by atoms with van der Waals surface area (Å²) < 4.78 is 4.08. The molecule has 0 saturated heterocycles. The second-order valence-electron chi connectivity index (χ2n) is 0.690. The molecule has 2 N–H and O–H groups in total. The van der Waals surface area contributed by atoms with E-state index in [4.69, 9.17) is 0 Å². The molecule has 0 aliphatic carbocycles. The van der Waals surface area contributed by atoms with E-state index in [-0.39, 0.29) is 0 Å². The number of carbonyl (C=O) groups is 1. The van der Waals surface area contributed by atoms with Crippen LogP contribution in [0.1, 0.15) is 0 Å². The molecule has 3 nitrogen and oxygen atoms in total. The van der Waals surface area contributed by atoms with Gasteiger partial charge in [0.15, 0.2) is 0 Å². The van der Waals surface area contributed by atoms with Crippen molar-refractivity contribution in [3.63, 3.8) is 0 Å². The van der Waals surface area contributed by atoms with Gasteiger partial charge < -0.3 is 10.4 Å². The zero-order valence-electron chi connectivity index (χ0n) is 3.47. The Morgan fingerprint density at radius 3 is 2.50 bits per heavy atom. The number of carbonyl (C=O) groups excluding carboxylic acids is 1. The predicted molar refractivity (Wildman–Crippen MR) is 22.3 cm³/mol. The molecule has 0 spiro atoms. The Hall–Kier alpha value is -0.505. The predicted octanol–water partition coefficient (Wildman–Crippen LogP) is -0.669. The van der Waals surface area contributed by atoms with Gasteiger partial charge in [-0.1, -0.05) is 0 Å². The van der Waals surface area contributed by atoms with Crippen LogP contribution in [0.5, 0.6) is 0 Å². The zero-order chi connectivity index (χ0) is 4.99. The van der Waals surface area contributed by atoms with Crippen LogP contribution in [0.25, 0.3) is 0 Å². The molecule has 0 aromatic carbocycles. The maximum atomic E-state index is 9.78. The highest BCUT2D eigenvalue weighted by molar-refractivity contribution is 6.69. The molecule has 0 aromatic heterocycles. The Morgan fingerprint density at radius 2 is 2.50 bits per heavy atom. The first-order valence-electron chi connectivity index (χ1n) is 1.44. The van der Waals surface area contributed by atoms with Crippen LogP contribution in [0.4, 0.5) is 4.79 Å². The topological polar surface area (TPSA) is 52.3 Å². The summed E-state index contributed by atoms with van der Waals surface area (Å²) in [5.41, 5.74) is 4.68. The third-order valence-corrected chi connectivity index (χ3v) is 0.337. The normalized spacial score (nSPS) is 7.00. The van der Waals surface area contributed by atoms with Crippen molar-refractivity contribution in [3.8, 4) is 0 Å². The van der Waals surface area contributed by atoms with E-state index in [0.29, 0.717) is 0 Å². The molecule has 0 amide bonds. The van der Waals surface area contributed by atoms with Gasteiger partial charge in [-0.15, -0.1) is 0 Å². The SMILES string of the molecule is COC(=O)[B]N. The van der Waals surface area contributed by atoms with Gasteiger partial charge >= 0.3 is 7.41 Å². The summed E-state index contributed by atoms with van der Waals surface area (Å²) >= 11 is 0. The standard InChI is InChI=1S/C2H5BNO2/c1-6-2(5)3-4/h4H2,1H3. The molecular formula is C2H5BNO2. The summed E-state index contributed by atoms with van der Waals surface area (Å²) in [6, 6.07) is 0. The van der Waals surface area contributed by atoms with Crippen LogP contribution in [0, 0.1) is 0 Å². The van der Waals surface area contributed by atoms with E-state index in [0.717, 1.165) is 7.41 Å². The molecule has 1 radical (unpaired) electrons. The van der Waals surface area contributed by atoms with Crippen LogP contribution in [0.3, 0.4) is 0 Å². The number of nitrogens with two attached hydrogens (primary N) is 1. The van der Waals surface area contributed by atoms with E-state index >= 15 is 0 Å². The van der Waals surface area contributed by atoms with Crippen molar-refractivity contribution < 1.29 is 9.53 Å². The first kappa shape index (κ1) is 5.49. The fourth-order valence-electron chi connectivity index (χ4n) is 0.0680. The summed E-state index contributed by atoms with van der Waals surface area (Å²) in [4.78, 5) is 9.78. The number of methoxy groups -OCH3 is 1. The van der Waals surface area contributed by atoms with Crippen LogP contribution < -0.4 is 5.64 Å². The molecule has 0 aliphatic heterocycles. The van der Waals surface area contributed by atoms with Crippen molar-refractivity contribution >= 4 is 13.3 Å². The maximum Gasteiger partial charge on any atom is 0.351 e. The van der Waals surface area contributed by atoms with Crippen molar-refractivity contribution in [3.05, 3.63) is 0 Å². The number of ether oxygens (including phenoxy) is 1. The van der Waals surface area contributed by atoms with Gasteiger partial charge in [0.2, 0.25) is 0 Å². The summed E-state index contributed by atoms with van der Waals surface area (Å²) in [6.07, 6.45) is 0. The smallest absolute Gasteiger partial charge is 0.351 e. The molecular weight excluding hydrogens is 80.8 g/mol. The van der Waals surface area contributed by atoms with E-state index < -0.39 is 5.87 Å². The summed E-state index contributed by atoms with van der Waals surface area (Å²) in [6.45, 7) is 0. The van der Waals surface area contributed by atoms with Crippen LogP contribution in [0.2, 0.25) is 0 Å². The summed E-state index contributed by atoms with van der Waals surface area (Å²) in [5.74, 6) is -0.505. The van der Waals surface area contributed by atoms with Crippen LogP contribution >= 0.6 is 0 Å².